The molecule has 0 aromatic heterocycles. The van der Waals surface area contributed by atoms with Crippen molar-refractivity contribution in [3.05, 3.63) is 115 Å². The number of hydrogen-bond donors (Lipinski definition) is 0. The van der Waals surface area contributed by atoms with Crippen LogP contribution in [0, 0.1) is 5.92 Å². The fourth-order valence-corrected chi connectivity index (χ4v) is 13.0. The van der Waals surface area contributed by atoms with Gasteiger partial charge in [-0.3, -0.25) is 0 Å². The monoisotopic (exact) mass is 507 g/mol. The first-order valence-corrected chi connectivity index (χ1v) is 15.4. The predicted molar refractivity (Wildman–Crippen MR) is 144 cm³/mol. The average Bonchev–Trinajstić information content (AvgIpc) is 3.16. The summed E-state index contributed by atoms with van der Waals surface area (Å²) in [4.78, 5) is 2.20. The second-order valence-electron chi connectivity index (χ2n) is 9.02. The molecule has 5 nitrogen and oxygen atoms in total. The number of benzene rings is 3. The van der Waals surface area contributed by atoms with E-state index in [2.05, 4.69) is 17.1 Å². The minimum atomic E-state index is -4.44. The van der Waals surface area contributed by atoms with Crippen LogP contribution < -0.4 is 15.9 Å². The Kier molecular flexibility index (Phi) is 6.51. The van der Waals surface area contributed by atoms with Crippen molar-refractivity contribution in [2.75, 3.05) is 19.6 Å². The Hall–Kier alpha value is -2.60. The van der Waals surface area contributed by atoms with Gasteiger partial charge in [0.2, 0.25) is 0 Å². The van der Waals surface area contributed by atoms with Crippen LogP contribution >= 0.6 is 6.83 Å². The maximum atomic E-state index is 13.9. The molecule has 0 radical (unpaired) electrons. The number of fused-ring (bicyclic) bond motifs is 2. The zero-order valence-electron chi connectivity index (χ0n) is 19.7. The third-order valence-corrected chi connectivity index (χ3v) is 14.1. The van der Waals surface area contributed by atoms with Gasteiger partial charge in [-0.2, -0.15) is 0 Å². The van der Waals surface area contributed by atoms with Gasteiger partial charge in [-0.1, -0.05) is 0 Å². The van der Waals surface area contributed by atoms with E-state index >= 15 is 0 Å². The molecule has 5 rings (SSSR count). The van der Waals surface area contributed by atoms with Gasteiger partial charge in [-0.05, 0) is 0 Å². The molecule has 3 unspecified atom stereocenters. The van der Waals surface area contributed by atoms with Gasteiger partial charge in [-0.15, -0.1) is 0 Å². The van der Waals surface area contributed by atoms with E-state index < -0.39 is 23.3 Å². The molecule has 2 aliphatic heterocycles. The van der Waals surface area contributed by atoms with Crippen molar-refractivity contribution in [2.45, 2.75) is 13.0 Å². The quantitative estimate of drug-likeness (QED) is 0.339. The third-order valence-electron chi connectivity index (χ3n) is 6.86. The molecule has 0 saturated carbocycles. The van der Waals surface area contributed by atoms with E-state index in [0.717, 1.165) is 29.0 Å². The van der Waals surface area contributed by atoms with Crippen molar-refractivity contribution in [2.24, 2.45) is 5.92 Å². The topological polar surface area (TPSA) is 55.8 Å². The van der Waals surface area contributed by atoms with Gasteiger partial charge in [0, 0.05) is 0 Å². The van der Waals surface area contributed by atoms with Crippen LogP contribution in [0.15, 0.2) is 115 Å². The number of allylic oxidation sites excluding steroid dienone is 1. The normalized spacial score (nSPS) is 23.2. The van der Waals surface area contributed by atoms with E-state index in [1.165, 1.54) is 0 Å². The zero-order chi connectivity index (χ0) is 24.4. The number of rotatable bonds is 8. The van der Waals surface area contributed by atoms with E-state index in [4.69, 9.17) is 8.15 Å². The first kappa shape index (κ1) is 24.1. The summed E-state index contributed by atoms with van der Waals surface area (Å²) in [5, 5.41) is 2.36. The summed E-state index contributed by atoms with van der Waals surface area (Å²) in [6.45, 7) is -0.105. The number of nitrogens with zero attached hydrogens (tertiary/aromatic N) is 1. The Morgan fingerprint density at radius 2 is 1.34 bits per heavy atom. The molecule has 3 aromatic carbocycles. The summed E-state index contributed by atoms with van der Waals surface area (Å²) in [5.41, 5.74) is 0. The fraction of sp³-hybridized carbons (Fsp3) is 0.214. The Morgan fingerprint density at radius 1 is 0.829 bits per heavy atom. The summed E-state index contributed by atoms with van der Waals surface area (Å²) in [7, 11) is -4.44. The molecule has 35 heavy (non-hydrogen) atoms. The van der Waals surface area contributed by atoms with Crippen molar-refractivity contribution in [1.29, 1.82) is 0 Å². The molecule has 0 amide bonds. The molecule has 1 fully saturated rings. The predicted octanol–water partition coefficient (Wildman–Crippen LogP) is 4.11. The van der Waals surface area contributed by atoms with E-state index in [9.17, 15) is 8.42 Å². The van der Waals surface area contributed by atoms with Gasteiger partial charge in [0.15, 0.2) is 0 Å². The van der Waals surface area contributed by atoms with Gasteiger partial charge < -0.3 is 0 Å². The first-order chi connectivity index (χ1) is 17.0. The third kappa shape index (κ3) is 4.20. The van der Waals surface area contributed by atoms with Crippen LogP contribution in [0.5, 0.6) is 0 Å². The van der Waals surface area contributed by atoms with Gasteiger partial charge in [0.1, 0.15) is 0 Å². The molecule has 0 aliphatic carbocycles. The van der Waals surface area contributed by atoms with Crippen LogP contribution in [0.4, 0.5) is 0 Å². The molecular weight excluding hydrogens is 477 g/mol. The van der Waals surface area contributed by atoms with E-state index in [1.807, 2.05) is 110 Å². The maximum absolute atomic E-state index is 13.9. The fourth-order valence-electron chi connectivity index (χ4n) is 5.37. The van der Waals surface area contributed by atoms with Gasteiger partial charge in [0.25, 0.3) is 0 Å². The van der Waals surface area contributed by atoms with Crippen LogP contribution in [-0.2, 0) is 18.6 Å². The van der Waals surface area contributed by atoms with Gasteiger partial charge in [-0.25, -0.2) is 0 Å². The molecule has 182 valence electrons. The summed E-state index contributed by atoms with van der Waals surface area (Å²) in [5.74, 6) is 1.98. The van der Waals surface area contributed by atoms with Crippen molar-refractivity contribution < 1.29 is 16.6 Å². The van der Waals surface area contributed by atoms with E-state index in [0.29, 0.717) is 6.54 Å². The molecule has 2 aliphatic rings. The summed E-state index contributed by atoms with van der Waals surface area (Å²) in [6.07, 6.45) is 5.54. The molecular formula is C28H30NO4PS. The Bertz CT molecular complexity index is 1230. The van der Waals surface area contributed by atoms with Crippen molar-refractivity contribution in [1.82, 2.24) is 4.90 Å². The summed E-state index contributed by atoms with van der Waals surface area (Å²) in [6, 6.07) is 29.0. The second kappa shape index (κ2) is 9.45. The van der Waals surface area contributed by atoms with Crippen LogP contribution in [0.1, 0.15) is 6.92 Å². The zero-order valence-corrected chi connectivity index (χ0v) is 21.4. The van der Waals surface area contributed by atoms with Gasteiger partial charge in [0.05, 0.1) is 0 Å². The van der Waals surface area contributed by atoms with Crippen LogP contribution in [0.2, 0.25) is 0 Å². The minimum absolute atomic E-state index is 0.0278. The molecule has 0 spiro atoms. The summed E-state index contributed by atoms with van der Waals surface area (Å²) < 4.78 is 40.2. The SMILES string of the molecule is C/C=C/P(OS(=O)(=O)OC1CN2CC=CC1C2)(c1ccccc1)(c1ccccc1)c1ccccc1. The second-order valence-corrected chi connectivity index (χ2v) is 14.7. The summed E-state index contributed by atoms with van der Waals surface area (Å²) >= 11 is 0. The molecule has 2 heterocycles. The molecule has 3 aromatic rings. The Balaban J connectivity index is 1.74. The Morgan fingerprint density at radius 3 is 1.80 bits per heavy atom. The first-order valence-electron chi connectivity index (χ1n) is 11.8. The Labute approximate surface area is 208 Å². The molecule has 7 heteroatoms. The van der Waals surface area contributed by atoms with Crippen molar-refractivity contribution in [3.63, 3.8) is 0 Å². The van der Waals surface area contributed by atoms with Crippen molar-refractivity contribution >= 4 is 33.1 Å². The molecule has 0 N–H and O–H groups in total. The molecule has 2 bridgehead atoms. The van der Waals surface area contributed by atoms with E-state index in [1.54, 1.807) is 0 Å². The van der Waals surface area contributed by atoms with E-state index in [-0.39, 0.29) is 5.92 Å². The molecule has 3 atom stereocenters. The van der Waals surface area contributed by atoms with Gasteiger partial charge >= 0.3 is 208 Å². The number of hydrogen-bond acceptors (Lipinski definition) is 5. The van der Waals surface area contributed by atoms with Crippen LogP contribution in [0.3, 0.4) is 0 Å². The standard InChI is InChI=1S/C28H30NO4PS/c1-2-21-34(25-14-6-3-7-15-25,26-16-8-4-9-17-26,27-18-10-5-11-19-27)33-35(30,31)32-28-23-29-20-12-13-24(28)22-29/h2-19,21,24,28H,20,22-23H2,1H3/b21-2+. The van der Waals surface area contributed by atoms with Crippen LogP contribution in [-0.4, -0.2) is 39.1 Å². The van der Waals surface area contributed by atoms with Crippen molar-refractivity contribution in [3.8, 4) is 0 Å². The molecule has 1 saturated heterocycles. The average molecular weight is 508 g/mol. The van der Waals surface area contributed by atoms with Crippen LogP contribution in [0.25, 0.3) is 0 Å².